The van der Waals surface area contributed by atoms with Gasteiger partial charge in [-0.25, -0.2) is 0 Å². The van der Waals surface area contributed by atoms with Crippen LogP contribution in [0.15, 0.2) is 68.7 Å². The lowest BCUT2D eigenvalue weighted by Gasteiger charge is -2.10. The maximum Gasteiger partial charge on any atom is 0.277 e. The van der Waals surface area contributed by atoms with Crippen LogP contribution >= 0.6 is 23.4 Å². The molecular weight excluding hydrogens is 398 g/mol. The minimum atomic E-state index is -0.245. The van der Waals surface area contributed by atoms with E-state index in [-0.39, 0.29) is 17.7 Å². The smallest absolute Gasteiger partial charge is 0.277 e. The molecule has 0 aliphatic rings. The van der Waals surface area contributed by atoms with Gasteiger partial charge in [0.2, 0.25) is 11.8 Å². The molecule has 1 N–H and O–H groups in total. The molecule has 0 saturated carbocycles. The fourth-order valence-electron chi connectivity index (χ4n) is 2.70. The molecule has 4 rings (SSSR count). The van der Waals surface area contributed by atoms with Crippen molar-refractivity contribution >= 4 is 40.2 Å². The number of rotatable bonds is 6. The van der Waals surface area contributed by atoms with E-state index in [4.69, 9.17) is 20.4 Å². The normalized spacial score (nSPS) is 12.2. The van der Waals surface area contributed by atoms with Gasteiger partial charge in [-0.05, 0) is 37.3 Å². The van der Waals surface area contributed by atoms with Crippen LogP contribution < -0.4 is 5.32 Å². The van der Waals surface area contributed by atoms with E-state index in [1.165, 1.54) is 11.8 Å². The van der Waals surface area contributed by atoms with Crippen LogP contribution in [0.25, 0.3) is 22.4 Å². The summed E-state index contributed by atoms with van der Waals surface area (Å²) in [5.74, 6) is 1.07. The molecular formula is C20H16ClN3O3S. The fraction of sp³-hybridized carbons (Fsp3) is 0.150. The van der Waals surface area contributed by atoms with Crippen LogP contribution in [0.3, 0.4) is 0 Å². The second kappa shape index (κ2) is 8.08. The van der Waals surface area contributed by atoms with Gasteiger partial charge in [-0.15, -0.1) is 10.2 Å². The number of nitrogens with zero attached hydrogens (tertiary/aromatic N) is 2. The number of hydrogen-bond donors (Lipinski definition) is 1. The van der Waals surface area contributed by atoms with E-state index < -0.39 is 0 Å². The molecule has 0 fully saturated rings. The largest absolute Gasteiger partial charge is 0.459 e. The van der Waals surface area contributed by atoms with Crippen LogP contribution in [0.4, 0.5) is 0 Å². The average molecular weight is 414 g/mol. The molecule has 6 nitrogen and oxygen atoms in total. The van der Waals surface area contributed by atoms with Gasteiger partial charge in [0.15, 0.2) is 0 Å². The summed E-state index contributed by atoms with van der Waals surface area (Å²) in [6.45, 7) is 1.88. The summed E-state index contributed by atoms with van der Waals surface area (Å²) in [6.07, 6.45) is 0. The first kappa shape index (κ1) is 18.6. The SMILES string of the molecule is C[C@H](NC(=O)CSc1nnc(-c2cccc(Cl)c2)o1)c1cc2ccccc2o1. The molecule has 142 valence electrons. The Kier molecular flexibility index (Phi) is 5.36. The molecule has 0 spiro atoms. The van der Waals surface area contributed by atoms with Gasteiger partial charge in [-0.1, -0.05) is 47.6 Å². The number of halogens is 1. The van der Waals surface area contributed by atoms with E-state index >= 15 is 0 Å². The maximum absolute atomic E-state index is 12.3. The molecule has 0 aliphatic heterocycles. The first-order valence-corrected chi connectivity index (χ1v) is 9.95. The minimum absolute atomic E-state index is 0.152. The highest BCUT2D eigenvalue weighted by atomic mass is 35.5. The Morgan fingerprint density at radius 1 is 1.14 bits per heavy atom. The number of benzene rings is 2. The number of carbonyl (C=O) groups is 1. The first-order chi connectivity index (χ1) is 13.6. The van der Waals surface area contributed by atoms with Crippen LogP contribution in [0.1, 0.15) is 18.7 Å². The summed E-state index contributed by atoms with van der Waals surface area (Å²) < 4.78 is 11.4. The molecule has 4 aromatic rings. The molecule has 2 aromatic heterocycles. The Balaban J connectivity index is 1.34. The van der Waals surface area contributed by atoms with Crippen molar-refractivity contribution in [3.63, 3.8) is 0 Å². The molecule has 0 radical (unpaired) electrons. The zero-order valence-corrected chi connectivity index (χ0v) is 16.5. The summed E-state index contributed by atoms with van der Waals surface area (Å²) in [5.41, 5.74) is 1.53. The second-order valence-electron chi connectivity index (χ2n) is 6.15. The monoisotopic (exact) mass is 413 g/mol. The average Bonchev–Trinajstić information content (AvgIpc) is 3.33. The number of amides is 1. The quantitative estimate of drug-likeness (QED) is 0.442. The number of para-hydroxylation sites is 1. The number of carbonyl (C=O) groups excluding carboxylic acids is 1. The van der Waals surface area contributed by atoms with E-state index in [2.05, 4.69) is 15.5 Å². The van der Waals surface area contributed by atoms with E-state index in [9.17, 15) is 4.79 Å². The Hall–Kier alpha value is -2.77. The Morgan fingerprint density at radius 2 is 2.00 bits per heavy atom. The van der Waals surface area contributed by atoms with E-state index in [0.29, 0.717) is 21.9 Å². The third-order valence-electron chi connectivity index (χ3n) is 4.05. The Bertz CT molecular complexity index is 1090. The van der Waals surface area contributed by atoms with Crippen molar-refractivity contribution in [1.29, 1.82) is 0 Å². The molecule has 2 aromatic carbocycles. The Labute approximate surface area is 170 Å². The maximum atomic E-state index is 12.3. The highest BCUT2D eigenvalue weighted by Gasteiger charge is 2.16. The van der Waals surface area contributed by atoms with Crippen LogP contribution in [-0.4, -0.2) is 21.9 Å². The summed E-state index contributed by atoms with van der Waals surface area (Å²) in [6, 6.07) is 16.6. The fourth-order valence-corrected chi connectivity index (χ4v) is 3.47. The summed E-state index contributed by atoms with van der Waals surface area (Å²) >= 11 is 7.15. The van der Waals surface area contributed by atoms with Gasteiger partial charge in [-0.3, -0.25) is 4.79 Å². The molecule has 28 heavy (non-hydrogen) atoms. The second-order valence-corrected chi connectivity index (χ2v) is 7.51. The zero-order chi connectivity index (χ0) is 19.5. The van der Waals surface area contributed by atoms with Crippen molar-refractivity contribution in [3.8, 4) is 11.5 Å². The number of nitrogens with one attached hydrogen (secondary N) is 1. The van der Waals surface area contributed by atoms with Gasteiger partial charge in [0, 0.05) is 16.0 Å². The van der Waals surface area contributed by atoms with Gasteiger partial charge < -0.3 is 14.2 Å². The number of furan rings is 1. The van der Waals surface area contributed by atoms with Crippen molar-refractivity contribution in [3.05, 3.63) is 65.4 Å². The molecule has 0 unspecified atom stereocenters. The predicted octanol–water partition coefficient (Wildman–Crippen LogP) is 5.11. The molecule has 2 heterocycles. The lowest BCUT2D eigenvalue weighted by molar-refractivity contribution is -0.119. The first-order valence-electron chi connectivity index (χ1n) is 8.58. The lowest BCUT2D eigenvalue weighted by atomic mass is 10.2. The van der Waals surface area contributed by atoms with E-state index in [1.54, 1.807) is 12.1 Å². The molecule has 0 bridgehead atoms. The van der Waals surface area contributed by atoms with Crippen molar-refractivity contribution in [2.75, 3.05) is 5.75 Å². The van der Waals surface area contributed by atoms with Crippen molar-refractivity contribution in [2.45, 2.75) is 18.2 Å². The van der Waals surface area contributed by atoms with Crippen LogP contribution in [0, 0.1) is 0 Å². The number of hydrogen-bond acceptors (Lipinski definition) is 6. The van der Waals surface area contributed by atoms with Gasteiger partial charge in [0.1, 0.15) is 11.3 Å². The van der Waals surface area contributed by atoms with Crippen LogP contribution in [-0.2, 0) is 4.79 Å². The van der Waals surface area contributed by atoms with Crippen molar-refractivity contribution < 1.29 is 13.6 Å². The topological polar surface area (TPSA) is 81.2 Å². The van der Waals surface area contributed by atoms with Crippen LogP contribution in [0.5, 0.6) is 0 Å². The summed E-state index contributed by atoms with van der Waals surface area (Å²) in [4.78, 5) is 12.3. The Morgan fingerprint density at radius 3 is 2.82 bits per heavy atom. The van der Waals surface area contributed by atoms with Crippen molar-refractivity contribution in [1.82, 2.24) is 15.5 Å². The number of aromatic nitrogens is 2. The third kappa shape index (κ3) is 4.21. The highest BCUT2D eigenvalue weighted by molar-refractivity contribution is 7.99. The zero-order valence-electron chi connectivity index (χ0n) is 14.9. The summed E-state index contributed by atoms with van der Waals surface area (Å²) in [5, 5.41) is 12.8. The van der Waals surface area contributed by atoms with E-state index in [1.807, 2.05) is 49.4 Å². The predicted molar refractivity (Wildman–Crippen MR) is 108 cm³/mol. The number of fused-ring (bicyclic) bond motifs is 1. The lowest BCUT2D eigenvalue weighted by Crippen LogP contribution is -2.27. The third-order valence-corrected chi connectivity index (χ3v) is 5.11. The standard InChI is InChI=1S/C20H16ClN3O3S/c1-12(17-10-13-5-2-3-8-16(13)26-17)22-18(25)11-28-20-24-23-19(27-20)14-6-4-7-15(21)9-14/h2-10,12H,11H2,1H3,(H,22,25)/t12-/m0/s1. The minimum Gasteiger partial charge on any atom is -0.459 e. The summed E-state index contributed by atoms with van der Waals surface area (Å²) in [7, 11) is 0. The van der Waals surface area contributed by atoms with Gasteiger partial charge in [0.05, 0.1) is 11.8 Å². The van der Waals surface area contributed by atoms with Crippen LogP contribution in [0.2, 0.25) is 5.02 Å². The van der Waals surface area contributed by atoms with Crippen molar-refractivity contribution in [2.24, 2.45) is 0 Å². The molecule has 0 aliphatic carbocycles. The van der Waals surface area contributed by atoms with E-state index in [0.717, 1.165) is 16.5 Å². The molecule has 1 amide bonds. The van der Waals surface area contributed by atoms with Gasteiger partial charge in [0.25, 0.3) is 5.22 Å². The number of thioether (sulfide) groups is 1. The molecule has 0 saturated heterocycles. The molecule has 1 atom stereocenters. The molecule has 8 heteroatoms. The van der Waals surface area contributed by atoms with Gasteiger partial charge in [-0.2, -0.15) is 0 Å². The van der Waals surface area contributed by atoms with Gasteiger partial charge >= 0.3 is 0 Å². The highest BCUT2D eigenvalue weighted by Crippen LogP contribution is 2.26.